The largest absolute Gasteiger partial charge is 0.496 e. The zero-order chi connectivity index (χ0) is 25.9. The predicted molar refractivity (Wildman–Crippen MR) is 133 cm³/mol. The third-order valence-electron chi connectivity index (χ3n) is 5.41. The molecule has 8 nitrogen and oxygen atoms in total. The Morgan fingerprint density at radius 2 is 1.94 bits per heavy atom. The highest BCUT2D eigenvalue weighted by molar-refractivity contribution is 5.89. The van der Waals surface area contributed by atoms with Crippen LogP contribution in [0.4, 0.5) is 15.0 Å². The molecule has 9 heteroatoms. The van der Waals surface area contributed by atoms with Gasteiger partial charge in [-0.05, 0) is 45.0 Å². The minimum atomic E-state index is -0.752. The summed E-state index contributed by atoms with van der Waals surface area (Å²) in [6.07, 6.45) is 0.747. The van der Waals surface area contributed by atoms with Gasteiger partial charge in [0.15, 0.2) is 0 Å². The van der Waals surface area contributed by atoms with Crippen molar-refractivity contribution in [1.82, 2.24) is 14.5 Å². The number of carbonyl (C=O) groups is 1. The van der Waals surface area contributed by atoms with Crippen LogP contribution >= 0.6 is 0 Å². The van der Waals surface area contributed by atoms with Gasteiger partial charge in [-0.2, -0.15) is 5.26 Å². The molecule has 2 heterocycles. The number of nitrogens with zero attached hydrogens (tertiary/aromatic N) is 5. The van der Waals surface area contributed by atoms with E-state index >= 15 is 0 Å². The van der Waals surface area contributed by atoms with Crippen molar-refractivity contribution in [2.45, 2.75) is 32.9 Å². The van der Waals surface area contributed by atoms with Crippen LogP contribution in [0.25, 0.3) is 22.2 Å². The molecule has 0 aliphatic rings. The molecule has 0 unspecified atom stereocenters. The molecule has 1 amide bonds. The van der Waals surface area contributed by atoms with Crippen LogP contribution in [0.2, 0.25) is 0 Å². The lowest BCUT2D eigenvalue weighted by molar-refractivity contribution is 0.0578. The van der Waals surface area contributed by atoms with Crippen molar-refractivity contribution in [3.8, 4) is 23.1 Å². The van der Waals surface area contributed by atoms with Crippen LogP contribution in [0.3, 0.4) is 0 Å². The first-order chi connectivity index (χ1) is 17.2. The summed E-state index contributed by atoms with van der Waals surface area (Å²) in [5, 5.41) is 10.2. The lowest BCUT2D eigenvalue weighted by Gasteiger charge is -2.27. The Balaban J connectivity index is 1.74. The van der Waals surface area contributed by atoms with Gasteiger partial charge in [0.25, 0.3) is 0 Å². The molecule has 0 saturated heterocycles. The van der Waals surface area contributed by atoms with Crippen LogP contribution in [0.5, 0.6) is 5.75 Å². The van der Waals surface area contributed by atoms with Crippen molar-refractivity contribution in [2.24, 2.45) is 0 Å². The normalized spacial score (nSPS) is 11.2. The summed E-state index contributed by atoms with van der Waals surface area (Å²) in [5.74, 6) is 0.266. The summed E-state index contributed by atoms with van der Waals surface area (Å²) >= 11 is 0. The van der Waals surface area contributed by atoms with Gasteiger partial charge >= 0.3 is 6.09 Å². The van der Waals surface area contributed by atoms with Gasteiger partial charge in [0, 0.05) is 30.1 Å². The van der Waals surface area contributed by atoms with E-state index in [0.29, 0.717) is 22.6 Å². The van der Waals surface area contributed by atoms with E-state index in [9.17, 15) is 14.4 Å². The molecule has 183 valence electrons. The highest BCUT2D eigenvalue weighted by Gasteiger charge is 2.26. The molecule has 0 fully saturated rings. The van der Waals surface area contributed by atoms with Gasteiger partial charge in [-0.15, -0.1) is 0 Å². The Kier molecular flexibility index (Phi) is 6.88. The van der Waals surface area contributed by atoms with Gasteiger partial charge in [-0.25, -0.2) is 19.2 Å². The zero-order valence-corrected chi connectivity index (χ0v) is 20.4. The Morgan fingerprint density at radius 3 is 2.61 bits per heavy atom. The van der Waals surface area contributed by atoms with Gasteiger partial charge in [0.1, 0.15) is 41.1 Å². The first kappa shape index (κ1) is 24.7. The van der Waals surface area contributed by atoms with Gasteiger partial charge in [-0.3, -0.25) is 4.90 Å². The minimum Gasteiger partial charge on any atom is -0.496 e. The Labute approximate surface area is 208 Å². The lowest BCUT2D eigenvalue weighted by Crippen LogP contribution is -2.39. The molecule has 4 aromatic rings. The molecule has 1 radical (unpaired) electrons. The number of rotatable bonds is 6. The van der Waals surface area contributed by atoms with Crippen molar-refractivity contribution in [3.05, 3.63) is 72.4 Å². The van der Waals surface area contributed by atoms with Gasteiger partial charge in [0.2, 0.25) is 0 Å². The smallest absolute Gasteiger partial charge is 0.416 e. The number of benzene rings is 2. The first-order valence-electron chi connectivity index (χ1n) is 11.3. The first-order valence-corrected chi connectivity index (χ1v) is 11.3. The van der Waals surface area contributed by atoms with Gasteiger partial charge in [0.05, 0.1) is 18.3 Å². The Bertz CT molecular complexity index is 1440. The summed E-state index contributed by atoms with van der Waals surface area (Å²) in [5.41, 5.74) is 1.15. The summed E-state index contributed by atoms with van der Waals surface area (Å²) in [7, 11) is 1.48. The molecule has 0 spiro atoms. The number of fused-ring (bicyclic) bond motifs is 1. The Morgan fingerprint density at radius 1 is 1.19 bits per heavy atom. The van der Waals surface area contributed by atoms with E-state index in [2.05, 4.69) is 22.1 Å². The second-order valence-corrected chi connectivity index (χ2v) is 8.99. The molecule has 0 N–H and O–H groups in total. The number of aromatic nitrogens is 3. The highest BCUT2D eigenvalue weighted by atomic mass is 19.1. The maximum absolute atomic E-state index is 14.9. The third kappa shape index (κ3) is 5.13. The molecule has 0 bridgehead atoms. The summed E-state index contributed by atoms with van der Waals surface area (Å²) < 4.78 is 27.4. The zero-order valence-electron chi connectivity index (χ0n) is 20.4. The fourth-order valence-electron chi connectivity index (χ4n) is 3.84. The number of methoxy groups -OCH3 is 1. The average molecular weight is 487 g/mol. The van der Waals surface area contributed by atoms with E-state index in [4.69, 9.17) is 9.47 Å². The molecular formula is C27H25FN5O3. The molecule has 0 aliphatic heterocycles. The SMILES string of the molecule is COc1ccc(F)c2c1cc(C#N)n2CCN(C(=O)OC(C)(C)C)c1cc(-c2cc[c]cc2)ncn1. The highest BCUT2D eigenvalue weighted by Crippen LogP contribution is 2.31. The van der Waals surface area contributed by atoms with Crippen LogP contribution in [0, 0.1) is 23.2 Å². The van der Waals surface area contributed by atoms with Crippen LogP contribution in [0.15, 0.2) is 54.9 Å². The lowest BCUT2D eigenvalue weighted by atomic mass is 10.1. The van der Waals surface area contributed by atoms with Crippen LogP contribution in [0.1, 0.15) is 26.5 Å². The standard InChI is InChI=1S/C27H25FN5O3/c1-27(2,3)36-26(34)33(24-15-22(30-17-31-24)18-8-6-5-7-9-18)13-12-32-19(16-29)14-20-23(35-4)11-10-21(28)25(20)32/h6-11,14-15,17H,12-13H2,1-4H3. The molecule has 0 saturated carbocycles. The second-order valence-electron chi connectivity index (χ2n) is 8.99. The molecule has 2 aromatic carbocycles. The summed E-state index contributed by atoms with van der Waals surface area (Å²) in [4.78, 5) is 23.2. The number of hydrogen-bond donors (Lipinski definition) is 0. The predicted octanol–water partition coefficient (Wildman–Crippen LogP) is 5.36. The van der Waals surface area contributed by atoms with E-state index in [0.717, 1.165) is 5.56 Å². The fraction of sp³-hybridized carbons (Fsp3) is 0.259. The molecule has 4 rings (SSSR count). The number of hydrogen-bond acceptors (Lipinski definition) is 6. The average Bonchev–Trinajstić information content (AvgIpc) is 3.23. The number of nitriles is 1. The van der Waals surface area contributed by atoms with E-state index in [1.165, 1.54) is 35.0 Å². The maximum atomic E-state index is 14.9. The number of carbonyl (C=O) groups excluding carboxylic acids is 1. The second kappa shape index (κ2) is 10.0. The monoisotopic (exact) mass is 486 g/mol. The minimum absolute atomic E-state index is 0.0586. The number of anilines is 1. The number of halogens is 1. The van der Waals surface area contributed by atoms with Crippen LogP contribution in [-0.2, 0) is 11.3 Å². The maximum Gasteiger partial charge on any atom is 0.416 e. The van der Waals surface area contributed by atoms with Crippen molar-refractivity contribution in [1.29, 1.82) is 5.26 Å². The third-order valence-corrected chi connectivity index (χ3v) is 5.41. The molecule has 0 atom stereocenters. The summed E-state index contributed by atoms with van der Waals surface area (Å²) in [6.45, 7) is 5.47. The quantitative estimate of drug-likeness (QED) is 0.364. The van der Waals surface area contributed by atoms with Crippen LogP contribution in [-0.4, -0.2) is 39.9 Å². The molecule has 2 aromatic heterocycles. The van der Waals surface area contributed by atoms with Crippen molar-refractivity contribution >= 4 is 22.8 Å². The number of ether oxygens (including phenoxy) is 2. The molecule has 0 aliphatic carbocycles. The number of amides is 1. The van der Waals surface area contributed by atoms with Crippen molar-refractivity contribution < 1.29 is 18.7 Å². The Hall–Kier alpha value is -4.45. The molecular weight excluding hydrogens is 461 g/mol. The van der Waals surface area contributed by atoms with E-state index in [1.807, 2.05) is 12.1 Å². The topological polar surface area (TPSA) is 93.3 Å². The van der Waals surface area contributed by atoms with E-state index in [1.54, 1.807) is 45.0 Å². The molecule has 36 heavy (non-hydrogen) atoms. The summed E-state index contributed by atoms with van der Waals surface area (Å²) in [6, 6.07) is 18.4. The van der Waals surface area contributed by atoms with Gasteiger partial charge < -0.3 is 14.0 Å². The van der Waals surface area contributed by atoms with E-state index in [-0.39, 0.29) is 24.3 Å². The fourth-order valence-corrected chi connectivity index (χ4v) is 3.84. The van der Waals surface area contributed by atoms with Crippen molar-refractivity contribution in [2.75, 3.05) is 18.6 Å². The van der Waals surface area contributed by atoms with Gasteiger partial charge in [-0.1, -0.05) is 24.3 Å². The van der Waals surface area contributed by atoms with E-state index < -0.39 is 17.5 Å². The van der Waals surface area contributed by atoms with Crippen LogP contribution < -0.4 is 9.64 Å². The van der Waals surface area contributed by atoms with Crippen molar-refractivity contribution in [3.63, 3.8) is 0 Å².